The van der Waals surface area contributed by atoms with Crippen LogP contribution >= 0.6 is 0 Å². The number of aliphatic hydroxyl groups is 3. The summed E-state index contributed by atoms with van der Waals surface area (Å²) in [5, 5.41) is 42.3. The minimum Gasteiger partial charge on any atom is -0.481 e. The van der Waals surface area contributed by atoms with Crippen molar-refractivity contribution in [2.75, 3.05) is 0 Å². The number of hydrogen-bond acceptors (Lipinski definition) is 4. The summed E-state index contributed by atoms with van der Waals surface area (Å²) < 4.78 is 0. The van der Waals surface area contributed by atoms with E-state index in [1.807, 2.05) is 20.8 Å². The Balaban J connectivity index is 2.08. The van der Waals surface area contributed by atoms with Crippen molar-refractivity contribution in [3.05, 3.63) is 11.6 Å². The normalized spacial score (nSPS) is 50.0. The van der Waals surface area contributed by atoms with Gasteiger partial charge in [0.25, 0.3) is 0 Å². The van der Waals surface area contributed by atoms with Crippen LogP contribution in [0.25, 0.3) is 0 Å². The molecule has 7 atom stereocenters. The summed E-state index contributed by atoms with van der Waals surface area (Å²) in [5.74, 6) is -1.18. The van der Waals surface area contributed by atoms with Gasteiger partial charge in [0.1, 0.15) is 5.60 Å². The molecule has 0 aromatic rings. The van der Waals surface area contributed by atoms with Crippen molar-refractivity contribution in [3.8, 4) is 0 Å². The molecule has 0 spiro atoms. The molecule has 0 aromatic carbocycles. The lowest BCUT2D eigenvalue weighted by molar-refractivity contribution is -0.172. The molecule has 0 amide bonds. The van der Waals surface area contributed by atoms with Crippen LogP contribution in [0.4, 0.5) is 0 Å². The van der Waals surface area contributed by atoms with Crippen molar-refractivity contribution in [1.82, 2.24) is 0 Å². The van der Waals surface area contributed by atoms with Crippen LogP contribution < -0.4 is 0 Å². The summed E-state index contributed by atoms with van der Waals surface area (Å²) in [6.45, 7) is 7.66. The standard InChI is InChI=1S/C20H32O5/c1-11(2)20(25)10-12-13(8-16(20)22)18(3)6-5-7-19(4,17(23)24)15(18)9-14(12)21/h10-11,13-16,21-22,25H,5-9H2,1-4H3,(H,23,24)/t13?,14-,15?,16-,18-,19-,20-/m1/s1. The third kappa shape index (κ3) is 2.50. The van der Waals surface area contributed by atoms with Crippen molar-refractivity contribution in [2.24, 2.45) is 28.6 Å². The molecule has 5 nitrogen and oxygen atoms in total. The highest BCUT2D eigenvalue weighted by Gasteiger charge is 2.61. The summed E-state index contributed by atoms with van der Waals surface area (Å²) in [4.78, 5) is 12.0. The van der Waals surface area contributed by atoms with Crippen molar-refractivity contribution in [2.45, 2.75) is 77.6 Å². The number of carboxylic acid groups (broad SMARTS) is 1. The van der Waals surface area contributed by atoms with E-state index in [1.54, 1.807) is 6.08 Å². The highest BCUT2D eigenvalue weighted by molar-refractivity contribution is 5.75. The Kier molecular flexibility index (Phi) is 4.37. The van der Waals surface area contributed by atoms with Crippen LogP contribution in [0.2, 0.25) is 0 Å². The SMILES string of the molecule is CC(C)[C@]1(O)C=C2C(C[C@H]1O)[C@@]1(C)CCC[C@@](C)(C(=O)O)C1C[C@H]2O. The fourth-order valence-corrected chi connectivity index (χ4v) is 6.02. The Morgan fingerprint density at radius 3 is 2.40 bits per heavy atom. The Morgan fingerprint density at radius 2 is 1.84 bits per heavy atom. The van der Waals surface area contributed by atoms with Crippen LogP contribution in [-0.2, 0) is 4.79 Å². The van der Waals surface area contributed by atoms with E-state index in [4.69, 9.17) is 0 Å². The molecule has 3 rings (SSSR count). The van der Waals surface area contributed by atoms with E-state index in [0.29, 0.717) is 19.3 Å². The quantitative estimate of drug-likeness (QED) is 0.572. The van der Waals surface area contributed by atoms with Gasteiger partial charge in [-0.25, -0.2) is 0 Å². The van der Waals surface area contributed by atoms with Crippen LogP contribution in [0.5, 0.6) is 0 Å². The van der Waals surface area contributed by atoms with Gasteiger partial charge < -0.3 is 20.4 Å². The van der Waals surface area contributed by atoms with Gasteiger partial charge in [-0.2, -0.15) is 0 Å². The maximum Gasteiger partial charge on any atom is 0.309 e. The summed E-state index contributed by atoms with van der Waals surface area (Å²) in [6, 6.07) is 0. The number of carbonyl (C=O) groups is 1. The monoisotopic (exact) mass is 352 g/mol. The third-order valence-corrected chi connectivity index (χ3v) is 7.82. The van der Waals surface area contributed by atoms with Gasteiger partial charge in [-0.15, -0.1) is 0 Å². The Morgan fingerprint density at radius 1 is 1.20 bits per heavy atom. The maximum atomic E-state index is 12.0. The highest BCUT2D eigenvalue weighted by Crippen LogP contribution is 2.63. The van der Waals surface area contributed by atoms with E-state index in [-0.39, 0.29) is 23.2 Å². The lowest BCUT2D eigenvalue weighted by Gasteiger charge is -2.60. The van der Waals surface area contributed by atoms with Crippen LogP contribution in [0.15, 0.2) is 11.6 Å². The maximum absolute atomic E-state index is 12.0. The Labute approximate surface area is 149 Å². The van der Waals surface area contributed by atoms with Crippen molar-refractivity contribution < 1.29 is 25.2 Å². The predicted octanol–water partition coefficient (Wildman–Crippen LogP) is 2.34. The zero-order valence-electron chi connectivity index (χ0n) is 15.7. The second-order valence-corrected chi connectivity index (χ2v) is 9.38. The average Bonchev–Trinajstić information content (AvgIpc) is 2.51. The van der Waals surface area contributed by atoms with Crippen LogP contribution in [0, 0.1) is 28.6 Å². The second-order valence-electron chi connectivity index (χ2n) is 9.38. The number of carboxylic acids is 1. The molecule has 0 aromatic heterocycles. The minimum absolute atomic E-state index is 0.0887. The molecule has 2 fully saturated rings. The molecule has 25 heavy (non-hydrogen) atoms. The molecule has 0 aliphatic heterocycles. The summed E-state index contributed by atoms with van der Waals surface area (Å²) in [5.41, 5.74) is -1.66. The van der Waals surface area contributed by atoms with Crippen molar-refractivity contribution >= 4 is 5.97 Å². The van der Waals surface area contributed by atoms with E-state index < -0.39 is 29.2 Å². The topological polar surface area (TPSA) is 98.0 Å². The molecule has 2 unspecified atom stereocenters. The van der Waals surface area contributed by atoms with Crippen molar-refractivity contribution in [1.29, 1.82) is 0 Å². The second kappa shape index (κ2) is 5.80. The number of aliphatic carboxylic acids is 1. The zero-order valence-corrected chi connectivity index (χ0v) is 15.7. The van der Waals surface area contributed by atoms with E-state index >= 15 is 0 Å². The minimum atomic E-state index is -1.33. The molecule has 5 heteroatoms. The van der Waals surface area contributed by atoms with E-state index in [1.165, 1.54) is 0 Å². The molecule has 0 bridgehead atoms. The van der Waals surface area contributed by atoms with E-state index in [9.17, 15) is 25.2 Å². The van der Waals surface area contributed by atoms with Crippen molar-refractivity contribution in [3.63, 3.8) is 0 Å². The molecule has 0 heterocycles. The summed E-state index contributed by atoms with van der Waals surface area (Å²) in [7, 11) is 0. The molecule has 3 aliphatic rings. The first-order valence-corrected chi connectivity index (χ1v) is 9.51. The van der Waals surface area contributed by atoms with Crippen LogP contribution in [0.1, 0.15) is 59.8 Å². The molecule has 0 radical (unpaired) electrons. The first-order chi connectivity index (χ1) is 11.5. The molecule has 4 N–H and O–H groups in total. The van der Waals surface area contributed by atoms with Gasteiger partial charge in [0.2, 0.25) is 0 Å². The zero-order chi connectivity index (χ0) is 18.8. The van der Waals surface area contributed by atoms with E-state index in [2.05, 4.69) is 6.92 Å². The number of aliphatic hydroxyl groups excluding tert-OH is 2. The fourth-order valence-electron chi connectivity index (χ4n) is 6.02. The van der Waals surface area contributed by atoms with Gasteiger partial charge in [0, 0.05) is 0 Å². The molecule has 3 aliphatic carbocycles. The third-order valence-electron chi connectivity index (χ3n) is 7.82. The van der Waals surface area contributed by atoms with Crippen LogP contribution in [-0.4, -0.2) is 44.2 Å². The van der Waals surface area contributed by atoms with Gasteiger partial charge in [-0.3, -0.25) is 4.79 Å². The molecular formula is C20H32O5. The largest absolute Gasteiger partial charge is 0.481 e. The van der Waals surface area contributed by atoms with Gasteiger partial charge in [0.05, 0.1) is 17.6 Å². The molecular weight excluding hydrogens is 320 g/mol. The average molecular weight is 352 g/mol. The predicted molar refractivity (Wildman–Crippen MR) is 93.8 cm³/mol. The fraction of sp³-hybridized carbons (Fsp3) is 0.850. The Hall–Kier alpha value is -0.910. The molecule has 142 valence electrons. The van der Waals surface area contributed by atoms with Gasteiger partial charge >= 0.3 is 5.97 Å². The number of hydrogen-bond donors (Lipinski definition) is 4. The summed E-state index contributed by atoms with van der Waals surface area (Å²) in [6.07, 6.45) is 3.17. The smallest absolute Gasteiger partial charge is 0.309 e. The first-order valence-electron chi connectivity index (χ1n) is 9.51. The van der Waals surface area contributed by atoms with E-state index in [0.717, 1.165) is 18.4 Å². The first kappa shape index (κ1) is 18.9. The lowest BCUT2D eigenvalue weighted by Crippen LogP contribution is -2.60. The van der Waals surface area contributed by atoms with Gasteiger partial charge in [0.15, 0.2) is 0 Å². The number of fused-ring (bicyclic) bond motifs is 3. The highest BCUT2D eigenvalue weighted by atomic mass is 16.4. The molecule has 0 saturated heterocycles. The lowest BCUT2D eigenvalue weighted by atomic mass is 9.44. The molecule has 2 saturated carbocycles. The Bertz CT molecular complexity index is 599. The summed E-state index contributed by atoms with van der Waals surface area (Å²) >= 11 is 0. The number of rotatable bonds is 2. The van der Waals surface area contributed by atoms with Gasteiger partial charge in [-0.1, -0.05) is 27.2 Å². The van der Waals surface area contributed by atoms with Gasteiger partial charge in [-0.05, 0) is 67.4 Å². The van der Waals surface area contributed by atoms with Crippen LogP contribution in [0.3, 0.4) is 0 Å².